The summed E-state index contributed by atoms with van der Waals surface area (Å²) in [5, 5.41) is 3.42. The number of thioether (sulfide) groups is 1. The molecule has 4 nitrogen and oxygen atoms in total. The molecule has 3 aromatic rings. The summed E-state index contributed by atoms with van der Waals surface area (Å²) in [5.74, 6) is 1.20. The van der Waals surface area contributed by atoms with Crippen molar-refractivity contribution < 1.29 is 13.9 Å². The molecule has 0 unspecified atom stereocenters. The van der Waals surface area contributed by atoms with E-state index in [1.54, 1.807) is 31.0 Å². The van der Waals surface area contributed by atoms with E-state index in [0.29, 0.717) is 17.3 Å². The predicted molar refractivity (Wildman–Crippen MR) is 101 cm³/mol. The number of hydrogen-bond donors (Lipinski definition) is 1. The molecular weight excluding hydrogens is 359 g/mol. The van der Waals surface area contributed by atoms with Gasteiger partial charge in [-0.05, 0) is 48.6 Å². The maximum atomic E-state index is 12.8. The van der Waals surface area contributed by atoms with Crippen LogP contribution in [0.4, 0.5) is 9.52 Å². The summed E-state index contributed by atoms with van der Waals surface area (Å²) in [6.45, 7) is 0. The van der Waals surface area contributed by atoms with Crippen molar-refractivity contribution in [1.82, 2.24) is 4.98 Å². The van der Waals surface area contributed by atoms with Gasteiger partial charge in [0, 0.05) is 11.3 Å². The Kier molecular flexibility index (Phi) is 5.88. The number of ether oxygens (including phenoxy) is 1. The van der Waals surface area contributed by atoms with Gasteiger partial charge in [0.2, 0.25) is 5.91 Å². The molecule has 3 rings (SSSR count). The van der Waals surface area contributed by atoms with Gasteiger partial charge in [0.25, 0.3) is 0 Å². The van der Waals surface area contributed by atoms with E-state index >= 15 is 0 Å². The second-order valence-electron chi connectivity index (χ2n) is 5.28. The number of amides is 1. The lowest BCUT2D eigenvalue weighted by Gasteiger charge is -2.02. The lowest BCUT2D eigenvalue weighted by Crippen LogP contribution is -2.11. The Balaban J connectivity index is 1.48. The number of hydrogen-bond acceptors (Lipinski definition) is 5. The molecule has 25 heavy (non-hydrogen) atoms. The highest BCUT2D eigenvalue weighted by Gasteiger charge is 2.10. The summed E-state index contributed by atoms with van der Waals surface area (Å²) in [6.07, 6.45) is 1.16. The van der Waals surface area contributed by atoms with Crippen LogP contribution in [0.5, 0.6) is 5.75 Å². The standard InChI is InChI=1S/C18H17FN2O2S2/c1-23-14-4-2-5-15-17(14)21-18(25-15)20-16(22)6-3-11-24-13-9-7-12(19)8-10-13/h2,4-5,7-10H,3,6,11H2,1H3,(H,20,21,22). The van der Waals surface area contributed by atoms with E-state index in [1.807, 2.05) is 18.2 Å². The number of thiazole rings is 1. The molecule has 0 radical (unpaired) electrons. The van der Waals surface area contributed by atoms with Crippen LogP contribution in [0.3, 0.4) is 0 Å². The van der Waals surface area contributed by atoms with Crippen LogP contribution in [-0.4, -0.2) is 23.8 Å². The van der Waals surface area contributed by atoms with Gasteiger partial charge in [-0.15, -0.1) is 11.8 Å². The minimum Gasteiger partial charge on any atom is -0.494 e. The number of anilines is 1. The van der Waals surface area contributed by atoms with Crippen molar-refractivity contribution in [3.05, 3.63) is 48.3 Å². The molecule has 7 heteroatoms. The molecular formula is C18H17FN2O2S2. The lowest BCUT2D eigenvalue weighted by molar-refractivity contribution is -0.116. The third kappa shape index (κ3) is 4.70. The summed E-state index contributed by atoms with van der Waals surface area (Å²) in [6, 6.07) is 12.1. The second-order valence-corrected chi connectivity index (χ2v) is 7.48. The van der Waals surface area contributed by atoms with E-state index in [9.17, 15) is 9.18 Å². The van der Waals surface area contributed by atoms with Gasteiger partial charge in [-0.25, -0.2) is 9.37 Å². The number of nitrogens with one attached hydrogen (secondary N) is 1. The normalized spacial score (nSPS) is 10.8. The fourth-order valence-corrected chi connectivity index (χ4v) is 4.03. The van der Waals surface area contributed by atoms with Crippen molar-refractivity contribution in [2.75, 3.05) is 18.2 Å². The maximum absolute atomic E-state index is 12.8. The van der Waals surface area contributed by atoms with E-state index in [2.05, 4.69) is 10.3 Å². The van der Waals surface area contributed by atoms with Crippen LogP contribution in [0.2, 0.25) is 0 Å². The highest BCUT2D eigenvalue weighted by atomic mass is 32.2. The summed E-state index contributed by atoms with van der Waals surface area (Å²) in [4.78, 5) is 17.5. The fourth-order valence-electron chi connectivity index (χ4n) is 2.28. The first kappa shape index (κ1) is 17.7. The van der Waals surface area contributed by atoms with Crippen molar-refractivity contribution in [2.24, 2.45) is 0 Å². The van der Waals surface area contributed by atoms with Crippen molar-refractivity contribution in [2.45, 2.75) is 17.7 Å². The lowest BCUT2D eigenvalue weighted by atomic mass is 10.3. The Morgan fingerprint density at radius 1 is 1.28 bits per heavy atom. The zero-order valence-electron chi connectivity index (χ0n) is 13.6. The second kappa shape index (κ2) is 8.31. The quantitative estimate of drug-likeness (QED) is 0.468. The maximum Gasteiger partial charge on any atom is 0.226 e. The predicted octanol–water partition coefficient (Wildman–Crippen LogP) is 4.96. The average Bonchev–Trinajstić information content (AvgIpc) is 3.02. The number of carbonyl (C=O) groups is 1. The van der Waals surface area contributed by atoms with Gasteiger partial charge < -0.3 is 10.1 Å². The van der Waals surface area contributed by atoms with Gasteiger partial charge in [-0.1, -0.05) is 17.4 Å². The number of benzene rings is 2. The zero-order chi connectivity index (χ0) is 17.6. The number of fused-ring (bicyclic) bond motifs is 1. The molecule has 0 fully saturated rings. The third-order valence-electron chi connectivity index (χ3n) is 3.48. The average molecular weight is 376 g/mol. The summed E-state index contributed by atoms with van der Waals surface area (Å²) in [5.41, 5.74) is 0.761. The first-order valence-electron chi connectivity index (χ1n) is 7.77. The molecule has 0 saturated heterocycles. The van der Waals surface area contributed by atoms with E-state index in [0.717, 1.165) is 27.3 Å². The molecule has 1 heterocycles. The molecule has 130 valence electrons. The summed E-state index contributed by atoms with van der Waals surface area (Å²) >= 11 is 3.04. The molecule has 0 bridgehead atoms. The Morgan fingerprint density at radius 3 is 2.84 bits per heavy atom. The molecule has 0 aliphatic carbocycles. The number of halogens is 1. The smallest absolute Gasteiger partial charge is 0.226 e. The third-order valence-corrected chi connectivity index (χ3v) is 5.51. The van der Waals surface area contributed by atoms with E-state index in [-0.39, 0.29) is 11.7 Å². The Morgan fingerprint density at radius 2 is 2.08 bits per heavy atom. The van der Waals surface area contributed by atoms with E-state index in [4.69, 9.17) is 4.74 Å². The van der Waals surface area contributed by atoms with E-state index in [1.165, 1.54) is 23.5 Å². The van der Waals surface area contributed by atoms with Gasteiger partial charge in [-0.2, -0.15) is 0 Å². The SMILES string of the molecule is COc1cccc2sc(NC(=O)CCCSc3ccc(F)cc3)nc12. The van der Waals surface area contributed by atoms with Crippen LogP contribution in [-0.2, 0) is 4.79 Å². The van der Waals surface area contributed by atoms with Gasteiger partial charge >= 0.3 is 0 Å². The van der Waals surface area contributed by atoms with Crippen LogP contribution in [0.1, 0.15) is 12.8 Å². The fraction of sp³-hybridized carbons (Fsp3) is 0.222. The molecule has 0 aliphatic heterocycles. The molecule has 0 saturated carbocycles. The molecule has 0 atom stereocenters. The molecule has 1 N–H and O–H groups in total. The van der Waals surface area contributed by atoms with Gasteiger partial charge in [0.05, 0.1) is 11.8 Å². The van der Waals surface area contributed by atoms with Crippen LogP contribution < -0.4 is 10.1 Å². The minimum absolute atomic E-state index is 0.0577. The van der Waals surface area contributed by atoms with Crippen molar-refractivity contribution >= 4 is 44.4 Å². The number of nitrogens with zero attached hydrogens (tertiary/aromatic N) is 1. The molecule has 0 spiro atoms. The number of para-hydroxylation sites is 1. The van der Waals surface area contributed by atoms with Gasteiger partial charge in [0.15, 0.2) is 5.13 Å². The first-order chi connectivity index (χ1) is 12.2. The Hall–Kier alpha value is -2.12. The number of methoxy groups -OCH3 is 1. The van der Waals surface area contributed by atoms with Crippen LogP contribution in [0, 0.1) is 5.82 Å². The topological polar surface area (TPSA) is 51.2 Å². The molecule has 2 aromatic carbocycles. The van der Waals surface area contributed by atoms with Crippen molar-refractivity contribution in [1.29, 1.82) is 0 Å². The largest absolute Gasteiger partial charge is 0.494 e. The monoisotopic (exact) mass is 376 g/mol. The minimum atomic E-state index is -0.240. The Labute approximate surface area is 153 Å². The van der Waals surface area contributed by atoms with Crippen molar-refractivity contribution in [3.8, 4) is 5.75 Å². The summed E-state index contributed by atoms with van der Waals surface area (Å²) in [7, 11) is 1.60. The Bertz CT molecular complexity index is 865. The molecule has 1 aromatic heterocycles. The van der Waals surface area contributed by atoms with Crippen LogP contribution >= 0.6 is 23.1 Å². The van der Waals surface area contributed by atoms with Crippen LogP contribution in [0.25, 0.3) is 10.2 Å². The number of rotatable bonds is 7. The molecule has 1 amide bonds. The van der Waals surface area contributed by atoms with E-state index < -0.39 is 0 Å². The van der Waals surface area contributed by atoms with Crippen molar-refractivity contribution in [3.63, 3.8) is 0 Å². The zero-order valence-corrected chi connectivity index (χ0v) is 15.3. The highest BCUT2D eigenvalue weighted by molar-refractivity contribution is 7.99. The van der Waals surface area contributed by atoms with Crippen LogP contribution in [0.15, 0.2) is 47.4 Å². The molecule has 0 aliphatic rings. The van der Waals surface area contributed by atoms with Gasteiger partial charge in [-0.3, -0.25) is 4.79 Å². The number of aromatic nitrogens is 1. The highest BCUT2D eigenvalue weighted by Crippen LogP contribution is 2.32. The first-order valence-corrected chi connectivity index (χ1v) is 9.57. The summed E-state index contributed by atoms with van der Waals surface area (Å²) < 4.78 is 19.1. The van der Waals surface area contributed by atoms with Gasteiger partial charge in [0.1, 0.15) is 17.1 Å². The number of carbonyl (C=O) groups excluding carboxylic acids is 1.